The lowest BCUT2D eigenvalue weighted by molar-refractivity contribution is 0.0869. The number of ether oxygens (including phenoxy) is 1. The van der Waals surface area contributed by atoms with E-state index in [0.717, 1.165) is 43.9 Å². The molecule has 0 aliphatic carbocycles. The number of amides is 1. The highest BCUT2D eigenvalue weighted by Crippen LogP contribution is 2.31. The maximum atomic E-state index is 12.9. The number of para-hydroxylation sites is 1. The van der Waals surface area contributed by atoms with Gasteiger partial charge in [-0.2, -0.15) is 0 Å². The van der Waals surface area contributed by atoms with Crippen molar-refractivity contribution in [3.63, 3.8) is 0 Å². The van der Waals surface area contributed by atoms with Crippen LogP contribution in [0.2, 0.25) is 0 Å². The van der Waals surface area contributed by atoms with Gasteiger partial charge in [-0.05, 0) is 55.6 Å². The summed E-state index contributed by atoms with van der Waals surface area (Å²) in [4.78, 5) is 24.1. The van der Waals surface area contributed by atoms with Crippen LogP contribution in [0.15, 0.2) is 73.1 Å². The summed E-state index contributed by atoms with van der Waals surface area (Å²) in [6.07, 6.45) is 5.53. The van der Waals surface area contributed by atoms with E-state index in [4.69, 9.17) is 4.74 Å². The Labute approximate surface area is 183 Å². The Morgan fingerprint density at radius 2 is 1.87 bits per heavy atom. The number of aromatic nitrogens is 2. The summed E-state index contributed by atoms with van der Waals surface area (Å²) < 4.78 is 5.53. The first-order chi connectivity index (χ1) is 15.2. The van der Waals surface area contributed by atoms with E-state index in [2.05, 4.69) is 26.3 Å². The summed E-state index contributed by atoms with van der Waals surface area (Å²) in [5, 5.41) is 3.21. The molecule has 3 heterocycles. The molecule has 1 amide bonds. The van der Waals surface area contributed by atoms with Crippen LogP contribution in [0, 0.1) is 5.92 Å². The number of nitrogens with one attached hydrogen (secondary N) is 1. The number of nitrogens with zero attached hydrogens (tertiary/aromatic N) is 3. The lowest BCUT2D eigenvalue weighted by Gasteiger charge is -2.37. The van der Waals surface area contributed by atoms with Crippen molar-refractivity contribution < 1.29 is 9.53 Å². The predicted molar refractivity (Wildman–Crippen MR) is 120 cm³/mol. The molecule has 0 radical (unpaired) electrons. The van der Waals surface area contributed by atoms with E-state index < -0.39 is 0 Å². The number of carbonyl (C=O) groups excluding carboxylic acids is 1. The second kappa shape index (κ2) is 10.2. The largest absolute Gasteiger partial charge is 0.496 e. The average Bonchev–Trinajstić information content (AvgIpc) is 2.84. The first-order valence-electron chi connectivity index (χ1n) is 10.7. The molecule has 6 heteroatoms. The van der Waals surface area contributed by atoms with E-state index in [0.29, 0.717) is 5.69 Å². The molecule has 6 nitrogen and oxygen atoms in total. The van der Waals surface area contributed by atoms with Gasteiger partial charge in [0.25, 0.3) is 5.91 Å². The Kier molecular flexibility index (Phi) is 6.89. The smallest absolute Gasteiger partial charge is 0.270 e. The van der Waals surface area contributed by atoms with Gasteiger partial charge in [-0.15, -0.1) is 0 Å². The van der Waals surface area contributed by atoms with Crippen LogP contribution in [0.4, 0.5) is 0 Å². The quantitative estimate of drug-likeness (QED) is 0.633. The maximum absolute atomic E-state index is 12.9. The molecule has 160 valence electrons. The first kappa shape index (κ1) is 21.0. The second-order valence-electron chi connectivity index (χ2n) is 7.87. The van der Waals surface area contributed by atoms with E-state index in [1.54, 1.807) is 25.6 Å². The lowest BCUT2D eigenvalue weighted by atomic mass is 9.88. The topological polar surface area (TPSA) is 67.3 Å². The van der Waals surface area contributed by atoms with Crippen LogP contribution in [-0.4, -0.2) is 41.0 Å². The van der Waals surface area contributed by atoms with Crippen molar-refractivity contribution in [2.45, 2.75) is 25.4 Å². The number of piperidine rings is 1. The predicted octanol–water partition coefficient (Wildman–Crippen LogP) is 3.87. The molecule has 1 saturated heterocycles. The highest BCUT2D eigenvalue weighted by molar-refractivity contribution is 5.92. The molecular weight excluding hydrogens is 388 g/mol. The SMILES string of the molecule is COc1ccccc1CN1CCC[C@H]([C@H](NC(=O)c2ccccn2)c2ccccn2)C1. The lowest BCUT2D eigenvalue weighted by Crippen LogP contribution is -2.43. The number of hydrogen-bond donors (Lipinski definition) is 1. The highest BCUT2D eigenvalue weighted by Gasteiger charge is 2.31. The number of rotatable bonds is 7. The van der Waals surface area contributed by atoms with Crippen LogP contribution < -0.4 is 10.1 Å². The maximum Gasteiger partial charge on any atom is 0.270 e. The zero-order valence-corrected chi connectivity index (χ0v) is 17.8. The molecule has 4 rings (SSSR count). The zero-order valence-electron chi connectivity index (χ0n) is 17.8. The third-order valence-corrected chi connectivity index (χ3v) is 5.79. The van der Waals surface area contributed by atoms with Crippen LogP contribution >= 0.6 is 0 Å². The monoisotopic (exact) mass is 416 g/mol. The number of methoxy groups -OCH3 is 1. The van der Waals surface area contributed by atoms with Crippen LogP contribution in [0.1, 0.15) is 40.6 Å². The van der Waals surface area contributed by atoms with E-state index in [9.17, 15) is 4.79 Å². The first-order valence-corrected chi connectivity index (χ1v) is 10.7. The van der Waals surface area contributed by atoms with Gasteiger partial charge in [-0.25, -0.2) is 0 Å². The molecule has 0 unspecified atom stereocenters. The number of hydrogen-bond acceptors (Lipinski definition) is 5. The summed E-state index contributed by atoms with van der Waals surface area (Å²) in [5.41, 5.74) is 2.48. The van der Waals surface area contributed by atoms with Crippen molar-refractivity contribution in [3.8, 4) is 5.75 Å². The molecule has 1 aliphatic heterocycles. The standard InChI is InChI=1S/C25H28N4O2/c1-31-23-13-3-2-9-19(23)17-29-16-8-10-20(18-29)24(21-11-4-6-14-26-21)28-25(30)22-12-5-7-15-27-22/h2-7,9,11-15,20,24H,8,10,16-18H2,1H3,(H,28,30)/t20-,24-/m0/s1. The second-order valence-corrected chi connectivity index (χ2v) is 7.87. The summed E-state index contributed by atoms with van der Waals surface area (Å²) in [5.74, 6) is 0.999. The van der Waals surface area contributed by atoms with Gasteiger partial charge in [0.15, 0.2) is 0 Å². The zero-order chi connectivity index (χ0) is 21.5. The van der Waals surface area contributed by atoms with Crippen LogP contribution in [-0.2, 0) is 6.54 Å². The number of benzene rings is 1. The van der Waals surface area contributed by atoms with Gasteiger partial charge in [0.2, 0.25) is 0 Å². The summed E-state index contributed by atoms with van der Waals surface area (Å²) in [6.45, 7) is 2.73. The Morgan fingerprint density at radius 1 is 1.10 bits per heavy atom. The fraction of sp³-hybridized carbons (Fsp3) is 0.320. The van der Waals surface area contributed by atoms with E-state index in [-0.39, 0.29) is 17.9 Å². The number of likely N-dealkylation sites (tertiary alicyclic amines) is 1. The van der Waals surface area contributed by atoms with Crippen LogP contribution in [0.5, 0.6) is 5.75 Å². The molecule has 1 aromatic carbocycles. The Balaban J connectivity index is 1.52. The molecule has 0 bridgehead atoms. The molecule has 2 atom stereocenters. The molecular formula is C25H28N4O2. The van der Waals surface area contributed by atoms with Crippen molar-refractivity contribution >= 4 is 5.91 Å². The van der Waals surface area contributed by atoms with Gasteiger partial charge >= 0.3 is 0 Å². The summed E-state index contributed by atoms with van der Waals surface area (Å²) >= 11 is 0. The highest BCUT2D eigenvalue weighted by atomic mass is 16.5. The fourth-order valence-electron chi connectivity index (χ4n) is 4.29. The average molecular weight is 417 g/mol. The van der Waals surface area contributed by atoms with E-state index in [1.807, 2.05) is 48.5 Å². The van der Waals surface area contributed by atoms with Gasteiger partial charge in [-0.3, -0.25) is 19.7 Å². The van der Waals surface area contributed by atoms with E-state index in [1.165, 1.54) is 5.56 Å². The van der Waals surface area contributed by atoms with E-state index >= 15 is 0 Å². The molecule has 3 aromatic rings. The molecule has 1 N–H and O–H groups in total. The van der Waals surface area contributed by atoms with Crippen molar-refractivity contribution in [2.75, 3.05) is 20.2 Å². The third-order valence-electron chi connectivity index (χ3n) is 5.79. The molecule has 2 aromatic heterocycles. The molecule has 0 saturated carbocycles. The Morgan fingerprint density at radius 3 is 2.61 bits per heavy atom. The summed E-state index contributed by atoms with van der Waals surface area (Å²) in [6, 6.07) is 19.2. The van der Waals surface area contributed by atoms with Gasteiger partial charge in [0.1, 0.15) is 11.4 Å². The van der Waals surface area contributed by atoms with Crippen molar-refractivity contribution in [1.29, 1.82) is 0 Å². The van der Waals surface area contributed by atoms with Crippen molar-refractivity contribution in [3.05, 3.63) is 90.0 Å². The van der Waals surface area contributed by atoms with Crippen molar-refractivity contribution in [1.82, 2.24) is 20.2 Å². The van der Waals surface area contributed by atoms with Crippen LogP contribution in [0.3, 0.4) is 0 Å². The number of pyridine rings is 2. The fourth-order valence-corrected chi connectivity index (χ4v) is 4.29. The summed E-state index contributed by atoms with van der Waals surface area (Å²) in [7, 11) is 1.71. The Hall–Kier alpha value is -3.25. The van der Waals surface area contributed by atoms with Crippen molar-refractivity contribution in [2.24, 2.45) is 5.92 Å². The number of carbonyl (C=O) groups is 1. The van der Waals surface area contributed by atoms with Gasteiger partial charge in [0, 0.05) is 31.0 Å². The van der Waals surface area contributed by atoms with Gasteiger partial charge in [-0.1, -0.05) is 30.3 Å². The van der Waals surface area contributed by atoms with Gasteiger partial charge in [0.05, 0.1) is 18.8 Å². The van der Waals surface area contributed by atoms with Crippen LogP contribution in [0.25, 0.3) is 0 Å². The molecule has 0 spiro atoms. The minimum atomic E-state index is -0.170. The molecule has 1 fully saturated rings. The Bertz CT molecular complexity index is 981. The molecule has 31 heavy (non-hydrogen) atoms. The van der Waals surface area contributed by atoms with Gasteiger partial charge < -0.3 is 10.1 Å². The minimum Gasteiger partial charge on any atom is -0.496 e. The third kappa shape index (κ3) is 5.27. The molecule has 1 aliphatic rings. The minimum absolute atomic E-state index is 0.168. The normalized spacial score (nSPS) is 17.6.